The zero-order valence-electron chi connectivity index (χ0n) is 11.2. The first kappa shape index (κ1) is 14.5. The third kappa shape index (κ3) is 4.64. The van der Waals surface area contributed by atoms with Crippen molar-refractivity contribution in [2.45, 2.75) is 45.6 Å². The summed E-state index contributed by atoms with van der Waals surface area (Å²) in [5.74, 6) is 0.363. The number of piperidine rings is 1. The SMILES string of the molecule is CCOC1CCCN(C(=O)C(C)CCCN)C1. The van der Waals surface area contributed by atoms with E-state index in [1.165, 1.54) is 0 Å². The molecule has 1 fully saturated rings. The largest absolute Gasteiger partial charge is 0.377 e. The van der Waals surface area contributed by atoms with E-state index in [0.717, 1.165) is 45.4 Å². The summed E-state index contributed by atoms with van der Waals surface area (Å²) in [6, 6.07) is 0. The zero-order valence-corrected chi connectivity index (χ0v) is 11.2. The van der Waals surface area contributed by atoms with Crippen molar-refractivity contribution in [2.24, 2.45) is 11.7 Å². The van der Waals surface area contributed by atoms with Crippen LogP contribution in [0, 0.1) is 5.92 Å². The molecule has 17 heavy (non-hydrogen) atoms. The fourth-order valence-corrected chi connectivity index (χ4v) is 2.37. The molecule has 0 saturated carbocycles. The number of nitrogens with two attached hydrogens (primary N) is 1. The standard InChI is InChI=1S/C13H26N2O2/c1-3-17-12-7-5-9-15(10-12)13(16)11(2)6-4-8-14/h11-12H,3-10,14H2,1-2H3. The topological polar surface area (TPSA) is 55.6 Å². The Balaban J connectivity index is 2.39. The minimum atomic E-state index is 0.0962. The summed E-state index contributed by atoms with van der Waals surface area (Å²) in [5, 5.41) is 0. The number of hydrogen-bond acceptors (Lipinski definition) is 3. The zero-order chi connectivity index (χ0) is 12.7. The molecule has 2 N–H and O–H groups in total. The van der Waals surface area contributed by atoms with Gasteiger partial charge in [-0.3, -0.25) is 4.79 Å². The number of amides is 1. The lowest BCUT2D eigenvalue weighted by atomic mass is 10.0. The van der Waals surface area contributed by atoms with Crippen molar-refractivity contribution in [3.8, 4) is 0 Å². The number of hydrogen-bond donors (Lipinski definition) is 1. The molecule has 0 aromatic heterocycles. The summed E-state index contributed by atoms with van der Waals surface area (Å²) in [4.78, 5) is 14.1. The van der Waals surface area contributed by atoms with Gasteiger partial charge in [-0.25, -0.2) is 0 Å². The molecule has 0 bridgehead atoms. The Kier molecular flexibility index (Phi) is 6.52. The molecule has 0 spiro atoms. The molecule has 0 aliphatic carbocycles. The van der Waals surface area contributed by atoms with Crippen LogP contribution in [-0.4, -0.2) is 43.2 Å². The fourth-order valence-electron chi connectivity index (χ4n) is 2.37. The van der Waals surface area contributed by atoms with Gasteiger partial charge < -0.3 is 15.4 Å². The van der Waals surface area contributed by atoms with E-state index in [4.69, 9.17) is 10.5 Å². The van der Waals surface area contributed by atoms with Gasteiger partial charge in [-0.05, 0) is 39.2 Å². The van der Waals surface area contributed by atoms with E-state index in [1.54, 1.807) is 0 Å². The smallest absolute Gasteiger partial charge is 0.225 e. The molecular weight excluding hydrogens is 216 g/mol. The summed E-state index contributed by atoms with van der Waals surface area (Å²) in [7, 11) is 0. The molecule has 2 unspecified atom stereocenters. The second-order valence-corrected chi connectivity index (χ2v) is 4.84. The lowest BCUT2D eigenvalue weighted by molar-refractivity contribution is -0.139. The molecule has 1 aliphatic heterocycles. The molecule has 4 nitrogen and oxygen atoms in total. The number of nitrogens with zero attached hydrogens (tertiary/aromatic N) is 1. The van der Waals surface area contributed by atoms with Gasteiger partial charge in [-0.2, -0.15) is 0 Å². The fraction of sp³-hybridized carbons (Fsp3) is 0.923. The number of carbonyl (C=O) groups is 1. The lowest BCUT2D eigenvalue weighted by Gasteiger charge is -2.34. The lowest BCUT2D eigenvalue weighted by Crippen LogP contribution is -2.45. The monoisotopic (exact) mass is 242 g/mol. The minimum absolute atomic E-state index is 0.0962. The van der Waals surface area contributed by atoms with Crippen LogP contribution in [0.5, 0.6) is 0 Å². The van der Waals surface area contributed by atoms with Crippen molar-refractivity contribution >= 4 is 5.91 Å². The average molecular weight is 242 g/mol. The van der Waals surface area contributed by atoms with Crippen LogP contribution in [0.15, 0.2) is 0 Å². The molecule has 100 valence electrons. The van der Waals surface area contributed by atoms with Crippen LogP contribution in [0.1, 0.15) is 39.5 Å². The summed E-state index contributed by atoms with van der Waals surface area (Å²) < 4.78 is 5.61. The Morgan fingerprint density at radius 3 is 3.00 bits per heavy atom. The van der Waals surface area contributed by atoms with E-state index < -0.39 is 0 Å². The van der Waals surface area contributed by atoms with Crippen LogP contribution in [-0.2, 0) is 9.53 Å². The predicted octanol–water partition coefficient (Wildman–Crippen LogP) is 1.39. The van der Waals surface area contributed by atoms with Gasteiger partial charge >= 0.3 is 0 Å². The van der Waals surface area contributed by atoms with Gasteiger partial charge in [0.2, 0.25) is 5.91 Å². The van der Waals surface area contributed by atoms with Crippen LogP contribution in [0.2, 0.25) is 0 Å². The second-order valence-electron chi connectivity index (χ2n) is 4.84. The van der Waals surface area contributed by atoms with E-state index in [2.05, 4.69) is 0 Å². The average Bonchev–Trinajstić information content (AvgIpc) is 2.35. The van der Waals surface area contributed by atoms with Crippen molar-refractivity contribution in [3.63, 3.8) is 0 Å². The van der Waals surface area contributed by atoms with Crippen LogP contribution in [0.25, 0.3) is 0 Å². The van der Waals surface area contributed by atoms with Gasteiger partial charge in [0.1, 0.15) is 0 Å². The molecule has 1 aliphatic rings. The summed E-state index contributed by atoms with van der Waals surface area (Å²) in [6.45, 7) is 7.05. The van der Waals surface area contributed by atoms with Gasteiger partial charge in [-0.1, -0.05) is 6.92 Å². The summed E-state index contributed by atoms with van der Waals surface area (Å²) >= 11 is 0. The van der Waals surface area contributed by atoms with Gasteiger partial charge in [0, 0.05) is 25.6 Å². The quantitative estimate of drug-likeness (QED) is 0.765. The second kappa shape index (κ2) is 7.67. The van der Waals surface area contributed by atoms with E-state index in [-0.39, 0.29) is 17.9 Å². The van der Waals surface area contributed by atoms with Crippen LogP contribution in [0.4, 0.5) is 0 Å². The number of rotatable bonds is 6. The first-order valence-electron chi connectivity index (χ1n) is 6.79. The highest BCUT2D eigenvalue weighted by molar-refractivity contribution is 5.78. The van der Waals surface area contributed by atoms with Crippen molar-refractivity contribution in [3.05, 3.63) is 0 Å². The third-order valence-corrected chi connectivity index (χ3v) is 3.36. The minimum Gasteiger partial charge on any atom is -0.377 e. The van der Waals surface area contributed by atoms with E-state index in [1.807, 2.05) is 18.7 Å². The maximum atomic E-state index is 12.2. The van der Waals surface area contributed by atoms with Gasteiger partial charge in [-0.15, -0.1) is 0 Å². The maximum Gasteiger partial charge on any atom is 0.225 e. The number of ether oxygens (including phenoxy) is 1. The molecule has 0 radical (unpaired) electrons. The molecule has 4 heteroatoms. The van der Waals surface area contributed by atoms with Crippen molar-refractivity contribution in [2.75, 3.05) is 26.2 Å². The van der Waals surface area contributed by atoms with Gasteiger partial charge in [0.15, 0.2) is 0 Å². The highest BCUT2D eigenvalue weighted by atomic mass is 16.5. The van der Waals surface area contributed by atoms with Crippen molar-refractivity contribution in [1.82, 2.24) is 4.90 Å². The molecule has 1 saturated heterocycles. The Hall–Kier alpha value is -0.610. The van der Waals surface area contributed by atoms with Gasteiger partial charge in [0.25, 0.3) is 0 Å². The molecule has 0 aromatic carbocycles. The summed E-state index contributed by atoms with van der Waals surface area (Å²) in [5.41, 5.74) is 5.47. The first-order chi connectivity index (χ1) is 8.19. The van der Waals surface area contributed by atoms with Crippen LogP contribution in [0.3, 0.4) is 0 Å². The highest BCUT2D eigenvalue weighted by Crippen LogP contribution is 2.17. The van der Waals surface area contributed by atoms with E-state index >= 15 is 0 Å². The Morgan fingerprint density at radius 1 is 1.59 bits per heavy atom. The number of carbonyl (C=O) groups excluding carboxylic acids is 1. The van der Waals surface area contributed by atoms with Crippen LogP contribution >= 0.6 is 0 Å². The van der Waals surface area contributed by atoms with Crippen molar-refractivity contribution < 1.29 is 9.53 Å². The maximum absolute atomic E-state index is 12.2. The third-order valence-electron chi connectivity index (χ3n) is 3.36. The Bertz CT molecular complexity index is 231. The van der Waals surface area contributed by atoms with E-state index in [0.29, 0.717) is 6.54 Å². The molecule has 1 rings (SSSR count). The molecule has 1 amide bonds. The van der Waals surface area contributed by atoms with Crippen molar-refractivity contribution in [1.29, 1.82) is 0 Å². The van der Waals surface area contributed by atoms with E-state index in [9.17, 15) is 4.79 Å². The number of likely N-dealkylation sites (tertiary alicyclic amines) is 1. The Labute approximate surface area is 104 Å². The molecule has 0 aromatic rings. The summed E-state index contributed by atoms with van der Waals surface area (Å²) in [6.07, 6.45) is 4.19. The normalized spacial score (nSPS) is 22.5. The van der Waals surface area contributed by atoms with Gasteiger partial charge in [0.05, 0.1) is 6.10 Å². The molecular formula is C13H26N2O2. The first-order valence-corrected chi connectivity index (χ1v) is 6.79. The van der Waals surface area contributed by atoms with Crippen LogP contribution < -0.4 is 5.73 Å². The molecule has 1 heterocycles. The predicted molar refractivity (Wildman–Crippen MR) is 68.7 cm³/mol. The highest BCUT2D eigenvalue weighted by Gasteiger charge is 2.26. The Morgan fingerprint density at radius 2 is 2.35 bits per heavy atom. The molecule has 2 atom stereocenters.